The summed E-state index contributed by atoms with van der Waals surface area (Å²) in [5, 5.41) is 19.5. The number of benzene rings is 1. The lowest BCUT2D eigenvalue weighted by Gasteiger charge is -2.33. The van der Waals surface area contributed by atoms with Crippen LogP contribution in [-0.4, -0.2) is 43.4 Å². The molecule has 0 amide bonds. The number of anilines is 1. The Morgan fingerprint density at radius 1 is 1.32 bits per heavy atom. The summed E-state index contributed by atoms with van der Waals surface area (Å²) in [5.74, 6) is 0.0884. The highest BCUT2D eigenvalue weighted by molar-refractivity contribution is 5.98. The van der Waals surface area contributed by atoms with Crippen LogP contribution in [0, 0.1) is 17.2 Å². The molecule has 7 heteroatoms. The van der Waals surface area contributed by atoms with Crippen LogP contribution in [0.3, 0.4) is 0 Å². The molecule has 0 spiro atoms. The topological polar surface area (TPSA) is 95.7 Å². The van der Waals surface area contributed by atoms with E-state index >= 15 is 0 Å². The van der Waals surface area contributed by atoms with Crippen LogP contribution in [0.5, 0.6) is 11.5 Å². The molecule has 1 aliphatic heterocycles. The van der Waals surface area contributed by atoms with E-state index in [1.165, 1.54) is 6.20 Å². The summed E-state index contributed by atoms with van der Waals surface area (Å²) in [6, 6.07) is 5.78. The fourth-order valence-corrected chi connectivity index (χ4v) is 3.28. The molecule has 0 aliphatic carbocycles. The molecule has 2 heterocycles. The first-order chi connectivity index (χ1) is 12.1. The van der Waals surface area contributed by atoms with Gasteiger partial charge in [-0.15, -0.1) is 0 Å². The molecule has 0 radical (unpaired) electrons. The summed E-state index contributed by atoms with van der Waals surface area (Å²) in [6.45, 7) is 1.15. The van der Waals surface area contributed by atoms with Gasteiger partial charge in [-0.2, -0.15) is 5.26 Å². The number of carboxylic acids is 1. The third-order valence-corrected chi connectivity index (χ3v) is 4.62. The molecule has 0 saturated carbocycles. The Hall–Kier alpha value is -3.01. The molecule has 1 N–H and O–H groups in total. The van der Waals surface area contributed by atoms with E-state index in [2.05, 4.69) is 16.0 Å². The van der Waals surface area contributed by atoms with E-state index in [0.29, 0.717) is 48.5 Å². The first-order valence-electron chi connectivity index (χ1n) is 8.01. The highest BCUT2D eigenvalue weighted by Crippen LogP contribution is 2.38. The van der Waals surface area contributed by atoms with Crippen molar-refractivity contribution in [3.63, 3.8) is 0 Å². The molecular formula is C18H19N3O4. The first-order valence-corrected chi connectivity index (χ1v) is 8.01. The van der Waals surface area contributed by atoms with E-state index in [9.17, 15) is 15.2 Å². The van der Waals surface area contributed by atoms with Crippen molar-refractivity contribution >= 4 is 22.6 Å². The molecule has 0 bridgehead atoms. The lowest BCUT2D eigenvalue weighted by Crippen LogP contribution is -2.36. The molecule has 7 nitrogen and oxygen atoms in total. The predicted molar refractivity (Wildman–Crippen MR) is 92.1 cm³/mol. The van der Waals surface area contributed by atoms with Crippen molar-refractivity contribution < 1.29 is 19.4 Å². The zero-order valence-corrected chi connectivity index (χ0v) is 14.2. The zero-order chi connectivity index (χ0) is 18.0. The van der Waals surface area contributed by atoms with Crippen LogP contribution in [0.25, 0.3) is 10.9 Å². The van der Waals surface area contributed by atoms with Gasteiger partial charge >= 0.3 is 5.97 Å². The smallest absolute Gasteiger partial charge is 0.306 e. The number of aliphatic carboxylic acids is 1. The fourth-order valence-electron chi connectivity index (χ4n) is 3.28. The second-order valence-electron chi connectivity index (χ2n) is 5.96. The van der Waals surface area contributed by atoms with Gasteiger partial charge in [0.15, 0.2) is 0 Å². The van der Waals surface area contributed by atoms with Gasteiger partial charge in [0.05, 0.1) is 31.4 Å². The highest BCUT2D eigenvalue weighted by Gasteiger charge is 2.27. The number of methoxy groups -OCH3 is 2. The molecule has 1 fully saturated rings. The van der Waals surface area contributed by atoms with Crippen molar-refractivity contribution in [2.24, 2.45) is 5.92 Å². The number of nitriles is 1. The Morgan fingerprint density at radius 3 is 2.60 bits per heavy atom. The van der Waals surface area contributed by atoms with Crippen molar-refractivity contribution in [1.29, 1.82) is 5.26 Å². The van der Waals surface area contributed by atoms with Crippen LogP contribution < -0.4 is 14.4 Å². The van der Waals surface area contributed by atoms with Crippen LogP contribution in [0.15, 0.2) is 18.3 Å². The second-order valence-corrected chi connectivity index (χ2v) is 5.96. The minimum atomic E-state index is -0.761. The third-order valence-electron chi connectivity index (χ3n) is 4.62. The molecule has 1 saturated heterocycles. The SMILES string of the molecule is COc1cc(OC)c2ncc(C#N)c(N3CCC(C(=O)O)CC3)c2c1. The van der Waals surface area contributed by atoms with Crippen LogP contribution in [0.1, 0.15) is 18.4 Å². The number of carbonyl (C=O) groups is 1. The molecule has 0 atom stereocenters. The van der Waals surface area contributed by atoms with E-state index < -0.39 is 5.97 Å². The second kappa shape index (κ2) is 6.85. The number of pyridine rings is 1. The van der Waals surface area contributed by atoms with Crippen LogP contribution in [-0.2, 0) is 4.79 Å². The van der Waals surface area contributed by atoms with Gasteiger partial charge in [0.25, 0.3) is 0 Å². The van der Waals surface area contributed by atoms with Gasteiger partial charge in [-0.25, -0.2) is 0 Å². The minimum Gasteiger partial charge on any atom is -0.497 e. The number of ether oxygens (including phenoxy) is 2. The number of carboxylic acid groups (broad SMARTS) is 1. The number of rotatable bonds is 4. The van der Waals surface area contributed by atoms with Crippen LogP contribution in [0.2, 0.25) is 0 Å². The van der Waals surface area contributed by atoms with Gasteiger partial charge in [-0.1, -0.05) is 0 Å². The molecule has 1 aliphatic rings. The zero-order valence-electron chi connectivity index (χ0n) is 14.2. The Labute approximate surface area is 145 Å². The summed E-state index contributed by atoms with van der Waals surface area (Å²) in [5.41, 5.74) is 1.86. The molecule has 0 unspecified atom stereocenters. The van der Waals surface area contributed by atoms with E-state index in [-0.39, 0.29) is 5.92 Å². The monoisotopic (exact) mass is 341 g/mol. The Balaban J connectivity index is 2.12. The van der Waals surface area contributed by atoms with Crippen molar-refractivity contribution in [3.05, 3.63) is 23.9 Å². The predicted octanol–water partition coefficient (Wildman–Crippen LogP) is 2.42. The number of fused-ring (bicyclic) bond motifs is 1. The normalized spacial score (nSPS) is 15.0. The lowest BCUT2D eigenvalue weighted by molar-refractivity contribution is -0.142. The van der Waals surface area contributed by atoms with Crippen molar-refractivity contribution in [3.8, 4) is 17.6 Å². The molecule has 1 aromatic heterocycles. The summed E-state index contributed by atoms with van der Waals surface area (Å²) in [6.07, 6.45) is 2.63. The maximum atomic E-state index is 11.2. The largest absolute Gasteiger partial charge is 0.497 e. The Bertz CT molecular complexity index is 852. The number of piperidine rings is 1. The van der Waals surface area contributed by atoms with Crippen molar-refractivity contribution in [2.75, 3.05) is 32.2 Å². The molecule has 3 rings (SSSR count). The van der Waals surface area contributed by atoms with Gasteiger partial charge in [0.1, 0.15) is 23.1 Å². The fraction of sp³-hybridized carbons (Fsp3) is 0.389. The number of nitrogens with zero attached hydrogens (tertiary/aromatic N) is 3. The Morgan fingerprint density at radius 2 is 2.04 bits per heavy atom. The van der Waals surface area contributed by atoms with E-state index in [1.54, 1.807) is 20.3 Å². The van der Waals surface area contributed by atoms with Gasteiger partial charge in [0, 0.05) is 30.7 Å². The van der Waals surface area contributed by atoms with Crippen LogP contribution in [0.4, 0.5) is 5.69 Å². The molecule has 130 valence electrons. The number of hydrogen-bond donors (Lipinski definition) is 1. The molecule has 1 aromatic carbocycles. The summed E-state index contributed by atoms with van der Waals surface area (Å²) >= 11 is 0. The first kappa shape index (κ1) is 16.8. The van der Waals surface area contributed by atoms with Gasteiger partial charge in [0.2, 0.25) is 0 Å². The summed E-state index contributed by atoms with van der Waals surface area (Å²) in [4.78, 5) is 17.6. The minimum absolute atomic E-state index is 0.334. The van der Waals surface area contributed by atoms with Gasteiger partial charge in [-0.05, 0) is 18.9 Å². The van der Waals surface area contributed by atoms with E-state index in [1.807, 2.05) is 6.07 Å². The van der Waals surface area contributed by atoms with E-state index in [0.717, 1.165) is 11.1 Å². The van der Waals surface area contributed by atoms with Crippen LogP contribution >= 0.6 is 0 Å². The summed E-state index contributed by atoms with van der Waals surface area (Å²) in [7, 11) is 3.13. The molecule has 25 heavy (non-hydrogen) atoms. The number of hydrogen-bond acceptors (Lipinski definition) is 6. The third kappa shape index (κ3) is 3.03. The lowest BCUT2D eigenvalue weighted by atomic mass is 9.95. The molecular weight excluding hydrogens is 322 g/mol. The maximum absolute atomic E-state index is 11.2. The maximum Gasteiger partial charge on any atom is 0.306 e. The average molecular weight is 341 g/mol. The quantitative estimate of drug-likeness (QED) is 0.912. The highest BCUT2D eigenvalue weighted by atomic mass is 16.5. The van der Waals surface area contributed by atoms with Crippen molar-refractivity contribution in [2.45, 2.75) is 12.8 Å². The number of aromatic nitrogens is 1. The van der Waals surface area contributed by atoms with Gasteiger partial charge in [-0.3, -0.25) is 9.78 Å². The Kier molecular flexibility index (Phi) is 4.61. The summed E-state index contributed by atoms with van der Waals surface area (Å²) < 4.78 is 10.8. The standard InChI is InChI=1S/C18H19N3O4/c1-24-13-7-14-16(15(8-13)25-2)20-10-12(9-19)17(14)21-5-3-11(4-6-21)18(22)23/h7-8,10-11H,3-6H2,1-2H3,(H,22,23). The van der Waals surface area contributed by atoms with E-state index in [4.69, 9.17) is 9.47 Å². The van der Waals surface area contributed by atoms with Gasteiger partial charge < -0.3 is 19.5 Å². The molecule has 2 aromatic rings. The average Bonchev–Trinajstić information content (AvgIpc) is 2.65. The van der Waals surface area contributed by atoms with Crippen molar-refractivity contribution in [1.82, 2.24) is 4.98 Å².